The minimum absolute atomic E-state index is 0.0565. The van der Waals surface area contributed by atoms with Crippen molar-refractivity contribution in [1.29, 1.82) is 0 Å². The summed E-state index contributed by atoms with van der Waals surface area (Å²) in [6.45, 7) is 7.61. The van der Waals surface area contributed by atoms with Gasteiger partial charge in [-0.05, 0) is 51.7 Å². The minimum atomic E-state index is -0.226. The van der Waals surface area contributed by atoms with Gasteiger partial charge < -0.3 is 20.5 Å². The Balaban J connectivity index is 2.06. The number of aromatic nitrogens is 1. The third kappa shape index (κ3) is 3.54. The second kappa shape index (κ2) is 6.31. The summed E-state index contributed by atoms with van der Waals surface area (Å²) in [5, 5.41) is 9.64. The highest BCUT2D eigenvalue weighted by atomic mass is 16.5. The van der Waals surface area contributed by atoms with Crippen LogP contribution in [0.15, 0.2) is 12.1 Å². The largest absolute Gasteiger partial charge is 0.473 e. The van der Waals surface area contributed by atoms with Crippen LogP contribution in [0.3, 0.4) is 0 Å². The van der Waals surface area contributed by atoms with Crippen molar-refractivity contribution in [3.8, 4) is 5.88 Å². The Morgan fingerprint density at radius 1 is 1.30 bits per heavy atom. The molecule has 0 spiro atoms. The molecule has 1 aromatic rings. The molecule has 1 aliphatic heterocycles. The monoisotopic (exact) mass is 279 g/mol. The Hall–Kier alpha value is -1.49. The van der Waals surface area contributed by atoms with E-state index in [4.69, 9.17) is 10.5 Å². The summed E-state index contributed by atoms with van der Waals surface area (Å²) >= 11 is 0. The molecule has 112 valence electrons. The van der Waals surface area contributed by atoms with E-state index in [9.17, 15) is 5.11 Å². The van der Waals surface area contributed by atoms with E-state index in [1.165, 1.54) is 0 Å². The van der Waals surface area contributed by atoms with E-state index in [2.05, 4.69) is 9.88 Å². The first-order valence-electron chi connectivity index (χ1n) is 7.33. The zero-order valence-electron chi connectivity index (χ0n) is 12.5. The predicted octanol–water partition coefficient (Wildman–Crippen LogP) is 2.05. The minimum Gasteiger partial charge on any atom is -0.473 e. The van der Waals surface area contributed by atoms with Crippen molar-refractivity contribution < 1.29 is 9.84 Å². The van der Waals surface area contributed by atoms with E-state index in [0.29, 0.717) is 17.5 Å². The van der Waals surface area contributed by atoms with E-state index >= 15 is 0 Å². The van der Waals surface area contributed by atoms with Crippen LogP contribution < -0.4 is 15.4 Å². The topological polar surface area (TPSA) is 71.6 Å². The molecule has 1 saturated heterocycles. The highest BCUT2D eigenvalue weighted by molar-refractivity contribution is 5.54. The van der Waals surface area contributed by atoms with Crippen molar-refractivity contribution in [3.63, 3.8) is 0 Å². The maximum Gasteiger partial charge on any atom is 0.239 e. The third-order valence-electron chi connectivity index (χ3n) is 3.77. The quantitative estimate of drug-likeness (QED) is 0.882. The molecule has 20 heavy (non-hydrogen) atoms. The zero-order valence-corrected chi connectivity index (χ0v) is 12.5. The molecule has 0 saturated carbocycles. The van der Waals surface area contributed by atoms with Crippen LogP contribution in [0.25, 0.3) is 0 Å². The lowest BCUT2D eigenvalue weighted by atomic mass is 9.92. The van der Waals surface area contributed by atoms with Gasteiger partial charge in [0.25, 0.3) is 0 Å². The number of hydrogen-bond acceptors (Lipinski definition) is 5. The second-order valence-corrected chi connectivity index (χ2v) is 5.80. The summed E-state index contributed by atoms with van der Waals surface area (Å²) in [7, 11) is 0. The van der Waals surface area contributed by atoms with Gasteiger partial charge in [0.15, 0.2) is 0 Å². The van der Waals surface area contributed by atoms with Gasteiger partial charge in [0, 0.05) is 13.1 Å². The lowest BCUT2D eigenvalue weighted by Crippen LogP contribution is -2.37. The van der Waals surface area contributed by atoms with Gasteiger partial charge >= 0.3 is 0 Å². The maximum absolute atomic E-state index is 9.64. The van der Waals surface area contributed by atoms with Gasteiger partial charge in [-0.2, -0.15) is 4.98 Å². The summed E-state index contributed by atoms with van der Waals surface area (Å²) in [5.41, 5.74) is 6.46. The number of piperidine rings is 1. The molecule has 0 radical (unpaired) electrons. The highest BCUT2D eigenvalue weighted by Crippen LogP contribution is 2.28. The Morgan fingerprint density at radius 2 is 1.95 bits per heavy atom. The van der Waals surface area contributed by atoms with Crippen LogP contribution in [0.1, 0.15) is 33.6 Å². The molecule has 1 atom stereocenters. The number of aliphatic hydroxyl groups is 1. The molecule has 3 N–H and O–H groups in total. The zero-order chi connectivity index (χ0) is 14.7. The molecule has 5 heteroatoms. The highest BCUT2D eigenvalue weighted by Gasteiger charge is 2.23. The smallest absolute Gasteiger partial charge is 0.239 e. The summed E-state index contributed by atoms with van der Waals surface area (Å²) in [4.78, 5) is 6.75. The van der Waals surface area contributed by atoms with Crippen molar-refractivity contribution in [2.75, 3.05) is 23.7 Å². The van der Waals surface area contributed by atoms with E-state index in [0.717, 1.165) is 31.7 Å². The molecule has 1 aromatic heterocycles. The fraction of sp³-hybridized carbons (Fsp3) is 0.667. The number of ether oxygens (including phenoxy) is 1. The summed E-state index contributed by atoms with van der Waals surface area (Å²) < 4.78 is 5.63. The molecule has 1 aliphatic rings. The van der Waals surface area contributed by atoms with Crippen LogP contribution in [-0.4, -0.2) is 35.4 Å². The Morgan fingerprint density at radius 3 is 2.50 bits per heavy atom. The second-order valence-electron chi connectivity index (χ2n) is 5.80. The molecule has 0 bridgehead atoms. The van der Waals surface area contributed by atoms with E-state index in [-0.39, 0.29) is 12.2 Å². The Bertz CT molecular complexity index is 441. The van der Waals surface area contributed by atoms with Gasteiger partial charge in [0.2, 0.25) is 5.88 Å². The number of aliphatic hydroxyl groups excluding tert-OH is 1. The normalized spacial score (nSPS) is 18.4. The number of anilines is 2. The number of pyridine rings is 1. The summed E-state index contributed by atoms with van der Waals surface area (Å²) in [6.07, 6.45) is 1.81. The predicted molar refractivity (Wildman–Crippen MR) is 81.0 cm³/mol. The van der Waals surface area contributed by atoms with E-state index in [1.807, 2.05) is 32.9 Å². The van der Waals surface area contributed by atoms with E-state index < -0.39 is 0 Å². The lowest BCUT2D eigenvalue weighted by molar-refractivity contribution is 0.109. The molecule has 0 aliphatic carbocycles. The average Bonchev–Trinajstić information content (AvgIpc) is 2.41. The fourth-order valence-electron chi connectivity index (χ4n) is 2.55. The first-order chi connectivity index (χ1) is 9.47. The van der Waals surface area contributed by atoms with Crippen LogP contribution in [-0.2, 0) is 0 Å². The number of nitrogens with zero attached hydrogens (tertiary/aromatic N) is 2. The van der Waals surface area contributed by atoms with Gasteiger partial charge in [0.05, 0.1) is 17.9 Å². The molecular weight excluding hydrogens is 254 g/mol. The Kier molecular flexibility index (Phi) is 4.70. The number of nitrogen functional groups attached to an aromatic ring is 1. The molecule has 2 rings (SSSR count). The van der Waals surface area contributed by atoms with Crippen LogP contribution in [0.5, 0.6) is 5.88 Å². The van der Waals surface area contributed by atoms with Crippen LogP contribution >= 0.6 is 0 Å². The van der Waals surface area contributed by atoms with Crippen molar-refractivity contribution in [1.82, 2.24) is 4.98 Å². The first kappa shape index (κ1) is 14.9. The molecule has 0 amide bonds. The van der Waals surface area contributed by atoms with E-state index in [1.54, 1.807) is 0 Å². The molecule has 1 unspecified atom stereocenters. The number of nitrogens with two attached hydrogens (primary N) is 1. The maximum atomic E-state index is 9.64. The van der Waals surface area contributed by atoms with Gasteiger partial charge in [-0.15, -0.1) is 0 Å². The lowest BCUT2D eigenvalue weighted by Gasteiger charge is -2.34. The number of hydrogen-bond donors (Lipinski definition) is 2. The SMILES string of the molecule is CC(C)Oc1nc(N2CCC(C(C)O)CC2)ccc1N. The van der Waals surface area contributed by atoms with Crippen molar-refractivity contribution in [3.05, 3.63) is 12.1 Å². The van der Waals surface area contributed by atoms with Crippen LogP contribution in [0.4, 0.5) is 11.5 Å². The number of rotatable bonds is 4. The third-order valence-corrected chi connectivity index (χ3v) is 3.77. The van der Waals surface area contributed by atoms with Gasteiger partial charge in [-0.1, -0.05) is 0 Å². The molecule has 2 heterocycles. The summed E-state index contributed by atoms with van der Waals surface area (Å²) in [5.74, 6) is 1.81. The van der Waals surface area contributed by atoms with Crippen molar-refractivity contribution >= 4 is 11.5 Å². The average molecular weight is 279 g/mol. The molecule has 0 aromatic carbocycles. The van der Waals surface area contributed by atoms with Crippen LogP contribution in [0.2, 0.25) is 0 Å². The molecule has 1 fully saturated rings. The standard InChI is InChI=1S/C15H25N3O2/c1-10(2)20-15-13(16)4-5-14(17-15)18-8-6-12(7-9-18)11(3)19/h4-5,10-12,19H,6-9,16H2,1-3H3. The summed E-state index contributed by atoms with van der Waals surface area (Å²) in [6, 6.07) is 3.78. The van der Waals surface area contributed by atoms with Gasteiger partial charge in [-0.3, -0.25) is 0 Å². The first-order valence-corrected chi connectivity index (χ1v) is 7.33. The van der Waals surface area contributed by atoms with Gasteiger partial charge in [-0.25, -0.2) is 0 Å². The van der Waals surface area contributed by atoms with Crippen molar-refractivity contribution in [2.45, 2.75) is 45.8 Å². The van der Waals surface area contributed by atoms with Gasteiger partial charge in [0.1, 0.15) is 5.82 Å². The van der Waals surface area contributed by atoms with Crippen LogP contribution in [0, 0.1) is 5.92 Å². The fourth-order valence-corrected chi connectivity index (χ4v) is 2.55. The van der Waals surface area contributed by atoms with Crippen molar-refractivity contribution in [2.24, 2.45) is 5.92 Å². The Labute approximate surface area is 120 Å². The molecule has 5 nitrogen and oxygen atoms in total. The molecular formula is C15H25N3O2.